The van der Waals surface area contributed by atoms with Gasteiger partial charge in [-0.3, -0.25) is 4.18 Å². The van der Waals surface area contributed by atoms with Crippen LogP contribution in [0.1, 0.15) is 18.9 Å². The zero-order chi connectivity index (χ0) is 12.9. The Morgan fingerprint density at radius 3 is 2.41 bits per heavy atom. The molecule has 1 atom stereocenters. The molecule has 1 aromatic rings. The first-order chi connectivity index (χ1) is 7.95. The van der Waals surface area contributed by atoms with Crippen LogP contribution in [0, 0.1) is 12.8 Å². The highest BCUT2D eigenvalue weighted by Gasteiger charge is 2.14. The Hall–Kier alpha value is -0.910. The number of rotatable bonds is 6. The van der Waals surface area contributed by atoms with Crippen molar-refractivity contribution in [3.8, 4) is 0 Å². The number of aliphatic hydroxyl groups is 1. The molecule has 1 rings (SSSR count). The van der Waals surface area contributed by atoms with E-state index in [1.807, 2.05) is 13.8 Å². The molecule has 0 aliphatic carbocycles. The standard InChI is InChI=1S/C12H18O4S/c1-10-3-5-12(6-4-10)17(14,15)16-8-7-11(2)9-13/h3-6,11,13H,7-9H2,1-2H3. The maximum absolute atomic E-state index is 11.7. The summed E-state index contributed by atoms with van der Waals surface area (Å²) in [5, 5.41) is 8.81. The third kappa shape index (κ3) is 4.46. The number of hydrogen-bond acceptors (Lipinski definition) is 4. The van der Waals surface area contributed by atoms with E-state index in [2.05, 4.69) is 0 Å². The summed E-state index contributed by atoms with van der Waals surface area (Å²) in [5.41, 5.74) is 0.998. The van der Waals surface area contributed by atoms with E-state index in [0.717, 1.165) is 5.56 Å². The van der Waals surface area contributed by atoms with Crippen LogP contribution in [0.2, 0.25) is 0 Å². The zero-order valence-electron chi connectivity index (χ0n) is 10.1. The fraction of sp³-hybridized carbons (Fsp3) is 0.500. The van der Waals surface area contributed by atoms with E-state index in [0.29, 0.717) is 6.42 Å². The topological polar surface area (TPSA) is 63.6 Å². The molecule has 0 heterocycles. The highest BCUT2D eigenvalue weighted by molar-refractivity contribution is 7.86. The van der Waals surface area contributed by atoms with Crippen molar-refractivity contribution in [2.24, 2.45) is 5.92 Å². The van der Waals surface area contributed by atoms with Gasteiger partial charge in [-0.1, -0.05) is 24.6 Å². The van der Waals surface area contributed by atoms with Crippen LogP contribution in [0.5, 0.6) is 0 Å². The Bertz CT molecular complexity index is 436. The second kappa shape index (κ2) is 6.14. The van der Waals surface area contributed by atoms with Crippen molar-refractivity contribution in [2.45, 2.75) is 25.2 Å². The lowest BCUT2D eigenvalue weighted by atomic mass is 10.1. The SMILES string of the molecule is Cc1ccc(S(=O)(=O)OCCC(C)CO)cc1. The van der Waals surface area contributed by atoms with E-state index in [9.17, 15) is 8.42 Å². The van der Waals surface area contributed by atoms with Crippen molar-refractivity contribution in [3.05, 3.63) is 29.8 Å². The number of aryl methyl sites for hydroxylation is 1. The quantitative estimate of drug-likeness (QED) is 0.789. The molecular formula is C12H18O4S. The predicted octanol–water partition coefficient (Wildman–Crippen LogP) is 1.72. The van der Waals surface area contributed by atoms with Gasteiger partial charge < -0.3 is 5.11 Å². The summed E-state index contributed by atoms with van der Waals surface area (Å²) in [7, 11) is -3.66. The number of benzene rings is 1. The van der Waals surface area contributed by atoms with Crippen LogP contribution >= 0.6 is 0 Å². The molecule has 1 unspecified atom stereocenters. The maximum atomic E-state index is 11.7. The van der Waals surface area contributed by atoms with Gasteiger partial charge in [-0.15, -0.1) is 0 Å². The van der Waals surface area contributed by atoms with Gasteiger partial charge in [0, 0.05) is 6.61 Å². The van der Waals surface area contributed by atoms with E-state index >= 15 is 0 Å². The molecule has 0 fully saturated rings. The molecule has 0 saturated carbocycles. The molecule has 1 N–H and O–H groups in total. The second-order valence-electron chi connectivity index (χ2n) is 4.17. The van der Waals surface area contributed by atoms with E-state index < -0.39 is 10.1 Å². The lowest BCUT2D eigenvalue weighted by Gasteiger charge is -2.08. The van der Waals surface area contributed by atoms with Crippen molar-refractivity contribution < 1.29 is 17.7 Å². The normalized spacial score (nSPS) is 13.6. The average Bonchev–Trinajstić information content (AvgIpc) is 2.29. The van der Waals surface area contributed by atoms with Crippen LogP contribution in [0.3, 0.4) is 0 Å². The van der Waals surface area contributed by atoms with Crippen LogP contribution in [-0.2, 0) is 14.3 Å². The average molecular weight is 258 g/mol. The molecule has 0 aliphatic heterocycles. The first-order valence-electron chi connectivity index (χ1n) is 5.52. The second-order valence-corrected chi connectivity index (χ2v) is 5.78. The summed E-state index contributed by atoms with van der Waals surface area (Å²) in [6.07, 6.45) is 0.515. The smallest absolute Gasteiger partial charge is 0.296 e. The van der Waals surface area contributed by atoms with Gasteiger partial charge in [0.15, 0.2) is 0 Å². The highest BCUT2D eigenvalue weighted by Crippen LogP contribution is 2.14. The molecule has 0 saturated heterocycles. The molecule has 96 valence electrons. The first-order valence-corrected chi connectivity index (χ1v) is 6.93. The maximum Gasteiger partial charge on any atom is 0.296 e. The molecule has 1 aromatic carbocycles. The summed E-state index contributed by atoms with van der Waals surface area (Å²) in [6, 6.07) is 6.51. The Labute approximate surface area is 102 Å². The summed E-state index contributed by atoms with van der Waals surface area (Å²) in [5.74, 6) is 0.0446. The van der Waals surface area contributed by atoms with Gasteiger partial charge in [0.25, 0.3) is 10.1 Å². The summed E-state index contributed by atoms with van der Waals surface area (Å²) in [4.78, 5) is 0.166. The van der Waals surface area contributed by atoms with Crippen molar-refractivity contribution in [2.75, 3.05) is 13.2 Å². The monoisotopic (exact) mass is 258 g/mol. The molecular weight excluding hydrogens is 240 g/mol. The minimum Gasteiger partial charge on any atom is -0.396 e. The molecule has 0 amide bonds. The Morgan fingerprint density at radius 1 is 1.29 bits per heavy atom. The third-order valence-corrected chi connectivity index (χ3v) is 3.80. The molecule has 5 heteroatoms. The van der Waals surface area contributed by atoms with Crippen molar-refractivity contribution in [1.29, 1.82) is 0 Å². The Balaban J connectivity index is 2.60. The van der Waals surface area contributed by atoms with Gasteiger partial charge in [-0.2, -0.15) is 8.42 Å². The molecule has 0 spiro atoms. The Kier molecular flexibility index (Phi) is 5.11. The molecule has 0 radical (unpaired) electrons. The van der Waals surface area contributed by atoms with E-state index in [1.165, 1.54) is 12.1 Å². The van der Waals surface area contributed by atoms with Gasteiger partial charge in [0.05, 0.1) is 11.5 Å². The van der Waals surface area contributed by atoms with Crippen molar-refractivity contribution in [3.63, 3.8) is 0 Å². The van der Waals surface area contributed by atoms with E-state index in [-0.39, 0.29) is 24.0 Å². The highest BCUT2D eigenvalue weighted by atomic mass is 32.2. The first kappa shape index (κ1) is 14.2. The fourth-order valence-electron chi connectivity index (χ4n) is 1.22. The minimum atomic E-state index is -3.66. The minimum absolute atomic E-state index is 0.0357. The van der Waals surface area contributed by atoms with Crippen LogP contribution in [0.25, 0.3) is 0 Å². The van der Waals surface area contributed by atoms with Crippen LogP contribution in [-0.4, -0.2) is 26.7 Å². The van der Waals surface area contributed by atoms with Gasteiger partial charge >= 0.3 is 0 Å². The summed E-state index contributed by atoms with van der Waals surface area (Å²) >= 11 is 0. The largest absolute Gasteiger partial charge is 0.396 e. The van der Waals surface area contributed by atoms with Gasteiger partial charge in [0.1, 0.15) is 0 Å². The van der Waals surface area contributed by atoms with E-state index in [1.54, 1.807) is 12.1 Å². The van der Waals surface area contributed by atoms with E-state index in [4.69, 9.17) is 9.29 Å². The van der Waals surface area contributed by atoms with Crippen LogP contribution in [0.4, 0.5) is 0 Å². The molecule has 0 aromatic heterocycles. The molecule has 0 aliphatic rings. The predicted molar refractivity (Wildman–Crippen MR) is 65.2 cm³/mol. The molecule has 17 heavy (non-hydrogen) atoms. The summed E-state index contributed by atoms with van der Waals surface area (Å²) in [6.45, 7) is 3.86. The van der Waals surface area contributed by atoms with Gasteiger partial charge in [-0.05, 0) is 31.4 Å². The lowest BCUT2D eigenvalue weighted by Crippen LogP contribution is -2.11. The third-order valence-electron chi connectivity index (χ3n) is 2.47. The number of hydrogen-bond donors (Lipinski definition) is 1. The van der Waals surface area contributed by atoms with Crippen molar-refractivity contribution in [1.82, 2.24) is 0 Å². The van der Waals surface area contributed by atoms with Crippen LogP contribution < -0.4 is 0 Å². The van der Waals surface area contributed by atoms with Crippen molar-refractivity contribution >= 4 is 10.1 Å². The van der Waals surface area contributed by atoms with Gasteiger partial charge in [0.2, 0.25) is 0 Å². The zero-order valence-corrected chi connectivity index (χ0v) is 10.9. The Morgan fingerprint density at radius 2 is 1.88 bits per heavy atom. The van der Waals surface area contributed by atoms with Crippen LogP contribution in [0.15, 0.2) is 29.2 Å². The molecule has 4 nitrogen and oxygen atoms in total. The number of aliphatic hydroxyl groups excluding tert-OH is 1. The fourth-order valence-corrected chi connectivity index (χ4v) is 2.14. The summed E-state index contributed by atoms with van der Waals surface area (Å²) < 4.78 is 28.3. The van der Waals surface area contributed by atoms with Gasteiger partial charge in [-0.25, -0.2) is 0 Å². The lowest BCUT2D eigenvalue weighted by molar-refractivity contribution is 0.204. The molecule has 0 bridgehead atoms.